The van der Waals surface area contributed by atoms with Crippen LogP contribution < -0.4 is 0 Å². The second-order valence-electron chi connectivity index (χ2n) is 13.5. The molecule has 7 aromatic carbocycles. The third-order valence-corrected chi connectivity index (χ3v) is 11.0. The zero-order chi connectivity index (χ0) is 33.5. The normalized spacial score (nSPS) is 16.9. The lowest BCUT2D eigenvalue weighted by Gasteiger charge is -2.49. The van der Waals surface area contributed by atoms with Crippen LogP contribution in [0, 0.1) is 0 Å². The molecule has 0 radical (unpaired) electrons. The van der Waals surface area contributed by atoms with Crippen LogP contribution in [-0.4, -0.2) is 19.5 Å². The van der Waals surface area contributed by atoms with E-state index in [-0.39, 0.29) is 5.92 Å². The first kappa shape index (κ1) is 28.2. The molecule has 238 valence electrons. The molecule has 4 heteroatoms. The Labute approximate surface area is 295 Å². The van der Waals surface area contributed by atoms with Crippen LogP contribution in [0.15, 0.2) is 176 Å². The van der Waals surface area contributed by atoms with Gasteiger partial charge < -0.3 is 4.57 Å². The summed E-state index contributed by atoms with van der Waals surface area (Å²) in [5.74, 6) is 2.21. The number of nitrogens with zero attached hydrogens (tertiary/aromatic N) is 4. The quantitative estimate of drug-likeness (QED) is 0.190. The standard InChI is InChI=1S/C47H30N4/c1-3-15-30(16-4-1)44-48-45(31-27-28-34-33-19-10-14-26-41(33)51(42(34)29-31)32-17-5-2-6-18-32)50-46(49-44)47-38-23-11-7-20-35(38)43(36-21-8-12-24-39(36)47)37-22-9-13-25-40(37)47/h1-29,43H. The summed E-state index contributed by atoms with van der Waals surface area (Å²) >= 11 is 0. The van der Waals surface area contributed by atoms with Gasteiger partial charge in [-0.1, -0.05) is 152 Å². The van der Waals surface area contributed by atoms with E-state index >= 15 is 0 Å². The van der Waals surface area contributed by atoms with Crippen molar-refractivity contribution in [1.82, 2.24) is 19.5 Å². The number of fused-ring (bicyclic) bond motifs is 3. The lowest BCUT2D eigenvalue weighted by molar-refractivity contribution is 0.591. The second-order valence-corrected chi connectivity index (χ2v) is 13.5. The Kier molecular flexibility index (Phi) is 5.90. The summed E-state index contributed by atoms with van der Waals surface area (Å²) in [6.45, 7) is 0. The van der Waals surface area contributed by atoms with E-state index in [1.807, 2.05) is 18.2 Å². The highest BCUT2D eigenvalue weighted by Gasteiger charge is 2.54. The van der Waals surface area contributed by atoms with Crippen molar-refractivity contribution in [3.8, 4) is 28.5 Å². The lowest BCUT2D eigenvalue weighted by atomic mass is 9.52. The summed E-state index contributed by atoms with van der Waals surface area (Å²) in [6.07, 6.45) is 0. The summed E-state index contributed by atoms with van der Waals surface area (Å²) in [5.41, 5.74) is 12.2. The van der Waals surface area contributed by atoms with Crippen molar-refractivity contribution in [3.05, 3.63) is 215 Å². The van der Waals surface area contributed by atoms with Gasteiger partial charge in [0.2, 0.25) is 0 Å². The number of hydrogen-bond donors (Lipinski definition) is 0. The Bertz CT molecular complexity index is 2700. The molecule has 0 saturated heterocycles. The van der Waals surface area contributed by atoms with Gasteiger partial charge >= 0.3 is 0 Å². The van der Waals surface area contributed by atoms with Crippen molar-refractivity contribution >= 4 is 21.8 Å². The molecule has 51 heavy (non-hydrogen) atoms. The molecular weight excluding hydrogens is 621 g/mol. The molecule has 0 saturated carbocycles. The zero-order valence-electron chi connectivity index (χ0n) is 27.6. The number of benzene rings is 7. The molecule has 2 aromatic heterocycles. The first-order chi connectivity index (χ1) is 25.3. The SMILES string of the molecule is c1ccc(-c2nc(-c3ccc4c5ccccc5n(-c5ccccc5)c4c3)nc(C34c5ccccc5C(c5ccccc53)c3ccccc34)n2)cc1. The van der Waals surface area contributed by atoms with Crippen molar-refractivity contribution in [2.24, 2.45) is 0 Å². The summed E-state index contributed by atoms with van der Waals surface area (Å²) in [7, 11) is 0. The molecule has 0 amide bonds. The Hall–Kier alpha value is -6.65. The monoisotopic (exact) mass is 650 g/mol. The molecule has 3 aliphatic rings. The van der Waals surface area contributed by atoms with Gasteiger partial charge in [-0.25, -0.2) is 15.0 Å². The minimum atomic E-state index is -0.719. The van der Waals surface area contributed by atoms with Crippen LogP contribution in [0.25, 0.3) is 50.3 Å². The van der Waals surface area contributed by atoms with Crippen LogP contribution in [0.3, 0.4) is 0 Å². The van der Waals surface area contributed by atoms with Crippen molar-refractivity contribution in [2.45, 2.75) is 11.3 Å². The van der Waals surface area contributed by atoms with Crippen LogP contribution in [0.2, 0.25) is 0 Å². The minimum Gasteiger partial charge on any atom is -0.309 e. The average molecular weight is 651 g/mol. The maximum atomic E-state index is 5.55. The third kappa shape index (κ3) is 3.87. The maximum absolute atomic E-state index is 5.55. The van der Waals surface area contributed by atoms with Crippen LogP contribution in [-0.2, 0) is 5.41 Å². The number of rotatable bonds is 4. The number of para-hydroxylation sites is 2. The molecule has 9 aromatic rings. The van der Waals surface area contributed by atoms with Gasteiger partial charge in [0, 0.05) is 33.5 Å². The fraction of sp³-hybridized carbons (Fsp3) is 0.0426. The van der Waals surface area contributed by atoms with E-state index in [1.54, 1.807) is 0 Å². The molecule has 0 atom stereocenters. The first-order valence-corrected chi connectivity index (χ1v) is 17.5. The van der Waals surface area contributed by atoms with E-state index in [4.69, 9.17) is 15.0 Å². The maximum Gasteiger partial charge on any atom is 0.163 e. The average Bonchev–Trinajstić information content (AvgIpc) is 3.55. The van der Waals surface area contributed by atoms with Crippen molar-refractivity contribution in [3.63, 3.8) is 0 Å². The van der Waals surface area contributed by atoms with Gasteiger partial charge in [-0.05, 0) is 57.6 Å². The van der Waals surface area contributed by atoms with Gasteiger partial charge in [-0.15, -0.1) is 0 Å². The molecule has 4 nitrogen and oxygen atoms in total. The molecule has 0 aliphatic heterocycles. The molecular formula is C47H30N4. The lowest BCUT2D eigenvalue weighted by Crippen LogP contribution is -2.44. The highest BCUT2D eigenvalue weighted by Crippen LogP contribution is 2.61. The topological polar surface area (TPSA) is 43.6 Å². The summed E-state index contributed by atoms with van der Waals surface area (Å²) in [4.78, 5) is 16.2. The number of aromatic nitrogens is 4. The Morgan fingerprint density at radius 1 is 0.412 bits per heavy atom. The zero-order valence-corrected chi connectivity index (χ0v) is 27.6. The molecule has 2 heterocycles. The highest BCUT2D eigenvalue weighted by molar-refractivity contribution is 6.10. The van der Waals surface area contributed by atoms with E-state index in [0.717, 1.165) is 28.2 Å². The Morgan fingerprint density at radius 3 is 1.57 bits per heavy atom. The van der Waals surface area contributed by atoms with Gasteiger partial charge in [0.05, 0.1) is 11.0 Å². The summed E-state index contributed by atoms with van der Waals surface area (Å²) < 4.78 is 2.35. The van der Waals surface area contributed by atoms with E-state index < -0.39 is 5.41 Å². The van der Waals surface area contributed by atoms with Gasteiger partial charge in [-0.3, -0.25) is 0 Å². The van der Waals surface area contributed by atoms with Crippen molar-refractivity contribution in [1.29, 1.82) is 0 Å². The van der Waals surface area contributed by atoms with Crippen LogP contribution in [0.4, 0.5) is 0 Å². The fourth-order valence-electron chi connectivity index (χ4n) is 8.92. The molecule has 3 aliphatic carbocycles. The van der Waals surface area contributed by atoms with Crippen molar-refractivity contribution in [2.75, 3.05) is 0 Å². The Morgan fingerprint density at radius 2 is 0.922 bits per heavy atom. The van der Waals surface area contributed by atoms with Gasteiger partial charge in [-0.2, -0.15) is 0 Å². The van der Waals surface area contributed by atoms with Crippen LogP contribution >= 0.6 is 0 Å². The van der Waals surface area contributed by atoms with Gasteiger partial charge in [0.25, 0.3) is 0 Å². The molecule has 0 unspecified atom stereocenters. The first-order valence-electron chi connectivity index (χ1n) is 17.5. The minimum absolute atomic E-state index is 0.160. The fourth-order valence-corrected chi connectivity index (χ4v) is 8.92. The molecule has 0 spiro atoms. The van der Waals surface area contributed by atoms with Crippen LogP contribution in [0.5, 0.6) is 0 Å². The molecule has 0 N–H and O–H groups in total. The van der Waals surface area contributed by atoms with Gasteiger partial charge in [0.15, 0.2) is 17.5 Å². The molecule has 12 rings (SSSR count). The molecule has 0 fully saturated rings. The summed E-state index contributed by atoms with van der Waals surface area (Å²) in [6, 6.07) is 62.8. The Balaban J connectivity index is 1.24. The largest absolute Gasteiger partial charge is 0.309 e. The molecule has 2 bridgehead atoms. The second kappa shape index (κ2) is 10.7. The third-order valence-electron chi connectivity index (χ3n) is 11.0. The van der Waals surface area contributed by atoms with E-state index in [0.29, 0.717) is 11.6 Å². The van der Waals surface area contributed by atoms with E-state index in [9.17, 15) is 0 Å². The smallest absolute Gasteiger partial charge is 0.163 e. The van der Waals surface area contributed by atoms with Gasteiger partial charge in [0.1, 0.15) is 5.41 Å². The predicted molar refractivity (Wildman–Crippen MR) is 204 cm³/mol. The van der Waals surface area contributed by atoms with E-state index in [2.05, 4.69) is 162 Å². The van der Waals surface area contributed by atoms with E-state index in [1.165, 1.54) is 49.7 Å². The van der Waals surface area contributed by atoms with Crippen LogP contribution in [0.1, 0.15) is 45.1 Å². The highest BCUT2D eigenvalue weighted by atomic mass is 15.1. The predicted octanol–water partition coefficient (Wildman–Crippen LogP) is 10.5. The number of hydrogen-bond acceptors (Lipinski definition) is 3. The van der Waals surface area contributed by atoms with Crippen molar-refractivity contribution < 1.29 is 0 Å². The summed E-state index contributed by atoms with van der Waals surface area (Å²) in [5, 5.41) is 2.41.